The van der Waals surface area contributed by atoms with Crippen molar-refractivity contribution in [2.45, 2.75) is 24.3 Å². The van der Waals surface area contributed by atoms with Gasteiger partial charge in [-0.1, -0.05) is 60.7 Å². The third-order valence-corrected chi connectivity index (χ3v) is 5.68. The van der Waals surface area contributed by atoms with E-state index in [9.17, 15) is 18.0 Å². The summed E-state index contributed by atoms with van der Waals surface area (Å²) in [7, 11) is -3.58. The molecular formula is C20H24N2O4S2. The number of rotatable bonds is 11. The summed E-state index contributed by atoms with van der Waals surface area (Å²) in [5.74, 6) is 0.390. The topological polar surface area (TPSA) is 92.3 Å². The van der Waals surface area contributed by atoms with Crippen LogP contribution in [0.15, 0.2) is 60.7 Å². The molecule has 150 valence electrons. The summed E-state index contributed by atoms with van der Waals surface area (Å²) in [6.07, 6.45) is 2.02. The van der Waals surface area contributed by atoms with Gasteiger partial charge in [0.15, 0.2) is 0 Å². The molecule has 2 rings (SSSR count). The van der Waals surface area contributed by atoms with E-state index in [-0.39, 0.29) is 5.75 Å². The number of hydrogen-bond acceptors (Lipinski definition) is 5. The molecule has 0 saturated heterocycles. The van der Waals surface area contributed by atoms with Crippen LogP contribution in [0.4, 0.5) is 0 Å². The van der Waals surface area contributed by atoms with Crippen molar-refractivity contribution in [1.82, 2.24) is 10.0 Å². The summed E-state index contributed by atoms with van der Waals surface area (Å²) < 4.78 is 25.7. The third-order valence-electron chi connectivity index (χ3n) is 3.86. The summed E-state index contributed by atoms with van der Waals surface area (Å²) in [6.45, 7) is 0. The summed E-state index contributed by atoms with van der Waals surface area (Å²) >= 11 is 1.45. The second kappa shape index (κ2) is 11.0. The fourth-order valence-electron chi connectivity index (χ4n) is 2.58. The molecule has 0 unspecified atom stereocenters. The minimum atomic E-state index is -3.58. The average molecular weight is 421 g/mol. The highest BCUT2D eigenvalue weighted by atomic mass is 32.2. The van der Waals surface area contributed by atoms with Gasteiger partial charge in [0.05, 0.1) is 12.3 Å². The normalized spacial score (nSPS) is 13.5. The van der Waals surface area contributed by atoms with Crippen LogP contribution in [0, 0.1) is 0 Å². The Morgan fingerprint density at radius 1 is 1.04 bits per heavy atom. The summed E-state index contributed by atoms with van der Waals surface area (Å²) in [4.78, 5) is 24.0. The molecule has 28 heavy (non-hydrogen) atoms. The quantitative estimate of drug-likeness (QED) is 0.541. The van der Waals surface area contributed by atoms with Gasteiger partial charge in [-0.2, -0.15) is 11.8 Å². The van der Waals surface area contributed by atoms with Crippen LogP contribution < -0.4 is 10.0 Å². The molecule has 0 fully saturated rings. The van der Waals surface area contributed by atoms with E-state index in [4.69, 9.17) is 0 Å². The maximum atomic E-state index is 12.6. The van der Waals surface area contributed by atoms with E-state index >= 15 is 0 Å². The Morgan fingerprint density at radius 2 is 1.61 bits per heavy atom. The molecule has 0 radical (unpaired) electrons. The molecule has 0 saturated carbocycles. The predicted octanol–water partition coefficient (Wildman–Crippen LogP) is 1.76. The lowest BCUT2D eigenvalue weighted by molar-refractivity contribution is -0.124. The first-order valence-corrected chi connectivity index (χ1v) is 11.8. The molecule has 8 heteroatoms. The molecule has 2 N–H and O–H groups in total. The molecule has 6 nitrogen and oxygen atoms in total. The second-order valence-corrected chi connectivity index (χ2v) is 9.19. The van der Waals surface area contributed by atoms with Crippen LogP contribution in [0.3, 0.4) is 0 Å². The molecule has 0 aliphatic heterocycles. The van der Waals surface area contributed by atoms with Gasteiger partial charge < -0.3 is 10.1 Å². The summed E-state index contributed by atoms with van der Waals surface area (Å²) in [6, 6.07) is 17.3. The van der Waals surface area contributed by atoms with Gasteiger partial charge in [0.2, 0.25) is 15.9 Å². The Hall–Kier alpha value is -2.16. The Morgan fingerprint density at radius 3 is 2.14 bits per heavy atom. The van der Waals surface area contributed by atoms with Crippen molar-refractivity contribution in [3.8, 4) is 0 Å². The van der Waals surface area contributed by atoms with Crippen LogP contribution in [0.5, 0.6) is 0 Å². The van der Waals surface area contributed by atoms with Crippen LogP contribution in [-0.2, 0) is 31.8 Å². The Bertz CT molecular complexity index is 858. The zero-order chi connectivity index (χ0) is 20.4. The van der Waals surface area contributed by atoms with Gasteiger partial charge in [-0.15, -0.1) is 0 Å². The minimum Gasteiger partial charge on any atom is -0.345 e. The Kier molecular flexibility index (Phi) is 8.69. The van der Waals surface area contributed by atoms with E-state index < -0.39 is 28.0 Å². The first-order chi connectivity index (χ1) is 13.4. The average Bonchev–Trinajstić information content (AvgIpc) is 2.67. The lowest BCUT2D eigenvalue weighted by Gasteiger charge is -2.20. The number of amides is 1. The van der Waals surface area contributed by atoms with Crippen molar-refractivity contribution in [3.63, 3.8) is 0 Å². The SMILES string of the molecule is CS(=O)(=O)N[C@H](CSCc1ccccc1)C(=O)N[C@H](C=O)Cc1ccccc1. The highest BCUT2D eigenvalue weighted by molar-refractivity contribution is 7.98. The molecule has 2 aromatic rings. The maximum Gasteiger partial charge on any atom is 0.239 e. The zero-order valence-corrected chi connectivity index (χ0v) is 17.2. The molecular weight excluding hydrogens is 396 g/mol. The number of carbonyl (C=O) groups is 2. The molecule has 2 atom stereocenters. The first-order valence-electron chi connectivity index (χ1n) is 8.76. The van der Waals surface area contributed by atoms with E-state index in [0.717, 1.165) is 17.4 Å². The molecule has 2 aromatic carbocycles. The van der Waals surface area contributed by atoms with Crippen molar-refractivity contribution in [2.24, 2.45) is 0 Å². The van der Waals surface area contributed by atoms with E-state index in [1.807, 2.05) is 60.7 Å². The standard InChI is InChI=1S/C20H24N2O4S2/c1-28(25,26)22-19(15-27-14-17-10-6-3-7-11-17)20(24)21-18(13-23)12-16-8-4-2-5-9-16/h2-11,13,18-19,22H,12,14-15H2,1H3,(H,21,24)/t18-,19+/m0/s1. The number of sulfonamides is 1. The molecule has 0 aromatic heterocycles. The van der Waals surface area contributed by atoms with E-state index in [0.29, 0.717) is 18.5 Å². The van der Waals surface area contributed by atoms with Gasteiger partial charge in [0.1, 0.15) is 12.3 Å². The molecule has 0 aliphatic carbocycles. The molecule has 0 aliphatic rings. The van der Waals surface area contributed by atoms with Crippen molar-refractivity contribution in [1.29, 1.82) is 0 Å². The van der Waals surface area contributed by atoms with Crippen LogP contribution >= 0.6 is 11.8 Å². The summed E-state index contributed by atoms with van der Waals surface area (Å²) in [5, 5.41) is 2.64. The van der Waals surface area contributed by atoms with Crippen molar-refractivity contribution in [2.75, 3.05) is 12.0 Å². The number of carbonyl (C=O) groups excluding carboxylic acids is 2. The fourth-order valence-corrected chi connectivity index (χ4v) is 4.40. The molecule has 0 spiro atoms. The van der Waals surface area contributed by atoms with Crippen LogP contribution in [-0.4, -0.2) is 44.7 Å². The van der Waals surface area contributed by atoms with E-state index in [2.05, 4.69) is 10.0 Å². The number of thioether (sulfide) groups is 1. The van der Waals surface area contributed by atoms with Gasteiger partial charge in [-0.05, 0) is 17.5 Å². The van der Waals surface area contributed by atoms with Gasteiger partial charge in [0, 0.05) is 11.5 Å². The summed E-state index contributed by atoms with van der Waals surface area (Å²) in [5.41, 5.74) is 1.99. The zero-order valence-electron chi connectivity index (χ0n) is 15.6. The highest BCUT2D eigenvalue weighted by Gasteiger charge is 2.24. The second-order valence-electron chi connectivity index (χ2n) is 6.38. The Labute approximate surface area is 170 Å². The van der Waals surface area contributed by atoms with Gasteiger partial charge in [-0.3, -0.25) is 4.79 Å². The van der Waals surface area contributed by atoms with E-state index in [1.54, 1.807) is 0 Å². The van der Waals surface area contributed by atoms with Gasteiger partial charge >= 0.3 is 0 Å². The highest BCUT2D eigenvalue weighted by Crippen LogP contribution is 2.13. The van der Waals surface area contributed by atoms with Crippen molar-refractivity contribution < 1.29 is 18.0 Å². The molecule has 0 heterocycles. The molecule has 0 bridgehead atoms. The van der Waals surface area contributed by atoms with Crippen LogP contribution in [0.1, 0.15) is 11.1 Å². The van der Waals surface area contributed by atoms with Crippen molar-refractivity contribution >= 4 is 34.0 Å². The van der Waals surface area contributed by atoms with Crippen LogP contribution in [0.25, 0.3) is 0 Å². The van der Waals surface area contributed by atoms with Crippen LogP contribution in [0.2, 0.25) is 0 Å². The van der Waals surface area contributed by atoms with Gasteiger partial charge in [0.25, 0.3) is 0 Å². The first kappa shape index (κ1) is 22.1. The molecule has 1 amide bonds. The maximum absolute atomic E-state index is 12.6. The monoisotopic (exact) mass is 420 g/mol. The van der Waals surface area contributed by atoms with Crippen molar-refractivity contribution in [3.05, 3.63) is 71.8 Å². The number of aldehydes is 1. The lowest BCUT2D eigenvalue weighted by atomic mass is 10.1. The minimum absolute atomic E-state index is 0.255. The number of nitrogens with one attached hydrogen (secondary N) is 2. The smallest absolute Gasteiger partial charge is 0.239 e. The lowest BCUT2D eigenvalue weighted by Crippen LogP contribution is -2.51. The fraction of sp³-hybridized carbons (Fsp3) is 0.300. The van der Waals surface area contributed by atoms with Gasteiger partial charge in [-0.25, -0.2) is 13.1 Å². The number of benzene rings is 2. The largest absolute Gasteiger partial charge is 0.345 e. The van der Waals surface area contributed by atoms with E-state index in [1.165, 1.54) is 11.8 Å². The number of hydrogen-bond donors (Lipinski definition) is 2. The predicted molar refractivity (Wildman–Crippen MR) is 113 cm³/mol. The Balaban J connectivity index is 1.97. The third kappa shape index (κ3) is 8.24.